The summed E-state index contributed by atoms with van der Waals surface area (Å²) in [5.74, 6) is 0. The first-order valence-electron chi connectivity index (χ1n) is 8.60. The zero-order chi connectivity index (χ0) is 17.2. The Morgan fingerprint density at radius 2 is 1.46 bits per heavy atom. The van der Waals surface area contributed by atoms with Crippen LogP contribution in [-0.2, 0) is 6.54 Å². The van der Waals surface area contributed by atoms with Crippen LogP contribution in [0.4, 0.5) is 10.5 Å². The molecule has 0 saturated heterocycles. The van der Waals surface area contributed by atoms with Gasteiger partial charge < -0.3 is 15.1 Å². The zero-order valence-electron chi connectivity index (χ0n) is 14.6. The number of nitrogens with zero attached hydrogens (tertiary/aromatic N) is 2. The molecule has 2 rings (SSSR count). The summed E-state index contributed by atoms with van der Waals surface area (Å²) in [6.45, 7) is 8.48. The molecule has 2 aromatic rings. The van der Waals surface area contributed by atoms with Gasteiger partial charge in [-0.2, -0.15) is 0 Å². The van der Waals surface area contributed by atoms with Gasteiger partial charge in [0.1, 0.15) is 0 Å². The molecule has 0 aliphatic heterocycles. The lowest BCUT2D eigenvalue weighted by atomic mass is 10.2. The molecule has 0 radical (unpaired) electrons. The molecule has 0 aliphatic rings. The van der Waals surface area contributed by atoms with Crippen molar-refractivity contribution in [3.8, 4) is 0 Å². The summed E-state index contributed by atoms with van der Waals surface area (Å²) in [5.41, 5.74) is 1.96. The van der Waals surface area contributed by atoms with Crippen molar-refractivity contribution in [3.05, 3.63) is 66.2 Å². The fraction of sp³-hybridized carbons (Fsp3) is 0.350. The minimum Gasteiger partial charge on any atom is -0.319 e. The van der Waals surface area contributed by atoms with E-state index in [2.05, 4.69) is 36.2 Å². The van der Waals surface area contributed by atoms with Crippen LogP contribution in [0.1, 0.15) is 19.4 Å². The van der Waals surface area contributed by atoms with Crippen LogP contribution in [0.25, 0.3) is 0 Å². The Bertz CT molecular complexity index is 597. The van der Waals surface area contributed by atoms with Crippen molar-refractivity contribution in [2.45, 2.75) is 20.4 Å². The van der Waals surface area contributed by atoms with Gasteiger partial charge in [0, 0.05) is 25.3 Å². The predicted octanol–water partition coefficient (Wildman–Crippen LogP) is 4.06. The number of hydrogen-bond donors (Lipinski definition) is 1. The van der Waals surface area contributed by atoms with Crippen LogP contribution in [0.3, 0.4) is 0 Å². The Morgan fingerprint density at radius 1 is 0.875 bits per heavy atom. The maximum absolute atomic E-state index is 12.7. The highest BCUT2D eigenvalue weighted by Crippen LogP contribution is 2.10. The first-order valence-corrected chi connectivity index (χ1v) is 8.60. The Balaban J connectivity index is 2.04. The minimum atomic E-state index is -0.0581. The highest BCUT2D eigenvalue weighted by molar-refractivity contribution is 5.89. The number of likely N-dealkylation sites (N-methyl/N-ethyl adjacent to an activating group) is 1. The molecule has 2 amide bonds. The highest BCUT2D eigenvalue weighted by atomic mass is 16.2. The Labute approximate surface area is 145 Å². The average molecular weight is 325 g/mol. The molecule has 0 saturated carbocycles. The highest BCUT2D eigenvalue weighted by Gasteiger charge is 2.15. The molecule has 0 atom stereocenters. The molecule has 24 heavy (non-hydrogen) atoms. The smallest absolute Gasteiger partial charge is 0.319 e. The molecule has 1 N–H and O–H groups in total. The SMILES string of the molecule is CCN(CC)CCN(Cc1ccccc1)C(=O)Nc1ccccc1. The van der Waals surface area contributed by atoms with Gasteiger partial charge in [0.15, 0.2) is 0 Å². The van der Waals surface area contributed by atoms with Crippen molar-refractivity contribution in [1.29, 1.82) is 0 Å². The molecule has 0 heterocycles. The largest absolute Gasteiger partial charge is 0.322 e. The Morgan fingerprint density at radius 3 is 2.04 bits per heavy atom. The molecule has 0 aromatic heterocycles. The number of anilines is 1. The molecule has 0 aliphatic carbocycles. The first kappa shape index (κ1) is 18.0. The van der Waals surface area contributed by atoms with Crippen LogP contribution in [0.2, 0.25) is 0 Å². The van der Waals surface area contributed by atoms with Gasteiger partial charge in [0.25, 0.3) is 0 Å². The lowest BCUT2D eigenvalue weighted by Gasteiger charge is -2.27. The average Bonchev–Trinajstić information content (AvgIpc) is 2.63. The monoisotopic (exact) mass is 325 g/mol. The minimum absolute atomic E-state index is 0.0581. The Hall–Kier alpha value is -2.33. The van der Waals surface area contributed by atoms with Crippen LogP contribution in [0.5, 0.6) is 0 Å². The van der Waals surface area contributed by atoms with Gasteiger partial charge >= 0.3 is 6.03 Å². The number of rotatable bonds is 8. The molecule has 4 heteroatoms. The lowest BCUT2D eigenvalue weighted by molar-refractivity contribution is 0.194. The van der Waals surface area contributed by atoms with Gasteiger partial charge in [-0.3, -0.25) is 0 Å². The topological polar surface area (TPSA) is 35.6 Å². The number of carbonyl (C=O) groups excluding carboxylic acids is 1. The number of urea groups is 1. The van der Waals surface area contributed by atoms with Crippen LogP contribution in [-0.4, -0.2) is 42.0 Å². The quantitative estimate of drug-likeness (QED) is 0.794. The van der Waals surface area contributed by atoms with Crippen molar-refractivity contribution >= 4 is 11.7 Å². The molecule has 4 nitrogen and oxygen atoms in total. The molecule has 0 fully saturated rings. The zero-order valence-corrected chi connectivity index (χ0v) is 14.6. The third-order valence-electron chi connectivity index (χ3n) is 4.11. The molecular weight excluding hydrogens is 298 g/mol. The second kappa shape index (κ2) is 9.73. The van der Waals surface area contributed by atoms with E-state index in [1.54, 1.807) is 0 Å². The summed E-state index contributed by atoms with van der Waals surface area (Å²) in [4.78, 5) is 16.9. The van der Waals surface area contributed by atoms with E-state index in [9.17, 15) is 4.79 Å². The van der Waals surface area contributed by atoms with Crippen LogP contribution >= 0.6 is 0 Å². The summed E-state index contributed by atoms with van der Waals surface area (Å²) in [6, 6.07) is 19.7. The van der Waals surface area contributed by atoms with Gasteiger partial charge in [-0.25, -0.2) is 4.79 Å². The maximum atomic E-state index is 12.7. The Kier molecular flexibility index (Phi) is 7.30. The number of nitrogens with one attached hydrogen (secondary N) is 1. The van der Waals surface area contributed by atoms with Crippen molar-refractivity contribution in [1.82, 2.24) is 9.80 Å². The summed E-state index contributed by atoms with van der Waals surface area (Å²) < 4.78 is 0. The molecule has 0 bridgehead atoms. The normalized spacial score (nSPS) is 10.6. The van der Waals surface area contributed by atoms with Gasteiger partial charge in [-0.05, 0) is 30.8 Å². The second-order valence-corrected chi connectivity index (χ2v) is 5.73. The van der Waals surface area contributed by atoms with Gasteiger partial charge in [0.05, 0.1) is 0 Å². The molecule has 128 valence electrons. The van der Waals surface area contributed by atoms with Crippen LogP contribution < -0.4 is 5.32 Å². The van der Waals surface area contributed by atoms with E-state index in [0.29, 0.717) is 13.1 Å². The van der Waals surface area contributed by atoms with Gasteiger partial charge in [0.2, 0.25) is 0 Å². The first-order chi connectivity index (χ1) is 11.7. The van der Waals surface area contributed by atoms with E-state index >= 15 is 0 Å². The molecular formula is C20H27N3O. The predicted molar refractivity (Wildman–Crippen MR) is 100 cm³/mol. The van der Waals surface area contributed by atoms with Crippen LogP contribution in [0.15, 0.2) is 60.7 Å². The fourth-order valence-corrected chi connectivity index (χ4v) is 2.58. The van der Waals surface area contributed by atoms with E-state index in [1.165, 1.54) is 0 Å². The summed E-state index contributed by atoms with van der Waals surface area (Å²) in [7, 11) is 0. The third-order valence-corrected chi connectivity index (χ3v) is 4.11. The van der Waals surface area contributed by atoms with E-state index < -0.39 is 0 Å². The van der Waals surface area contributed by atoms with E-state index in [0.717, 1.165) is 30.9 Å². The van der Waals surface area contributed by atoms with Gasteiger partial charge in [-0.1, -0.05) is 62.4 Å². The van der Waals surface area contributed by atoms with E-state index in [4.69, 9.17) is 0 Å². The van der Waals surface area contributed by atoms with Crippen molar-refractivity contribution in [3.63, 3.8) is 0 Å². The summed E-state index contributed by atoms with van der Waals surface area (Å²) >= 11 is 0. The standard InChI is InChI=1S/C20H27N3O/c1-3-22(4-2)15-16-23(17-18-11-7-5-8-12-18)20(24)21-19-13-9-6-10-14-19/h5-14H,3-4,15-17H2,1-2H3,(H,21,24). The number of para-hydroxylation sites is 1. The van der Waals surface area contributed by atoms with Crippen molar-refractivity contribution < 1.29 is 4.79 Å². The third kappa shape index (κ3) is 5.70. The van der Waals surface area contributed by atoms with E-state index in [-0.39, 0.29) is 6.03 Å². The maximum Gasteiger partial charge on any atom is 0.322 e. The van der Waals surface area contributed by atoms with E-state index in [1.807, 2.05) is 53.4 Å². The molecule has 0 unspecified atom stereocenters. The van der Waals surface area contributed by atoms with Crippen molar-refractivity contribution in [2.24, 2.45) is 0 Å². The lowest BCUT2D eigenvalue weighted by Crippen LogP contribution is -2.40. The summed E-state index contributed by atoms with van der Waals surface area (Å²) in [6.07, 6.45) is 0. The van der Waals surface area contributed by atoms with Gasteiger partial charge in [-0.15, -0.1) is 0 Å². The number of amides is 2. The summed E-state index contributed by atoms with van der Waals surface area (Å²) in [5, 5.41) is 2.99. The number of carbonyl (C=O) groups is 1. The number of hydrogen-bond acceptors (Lipinski definition) is 2. The fourth-order valence-electron chi connectivity index (χ4n) is 2.58. The molecule has 2 aromatic carbocycles. The number of benzene rings is 2. The second-order valence-electron chi connectivity index (χ2n) is 5.73. The van der Waals surface area contributed by atoms with Crippen LogP contribution in [0, 0.1) is 0 Å². The molecule has 0 spiro atoms. The van der Waals surface area contributed by atoms with Crippen molar-refractivity contribution in [2.75, 3.05) is 31.5 Å².